The molecule has 0 spiro atoms. The minimum Gasteiger partial charge on any atom is -0.364 e. The summed E-state index contributed by atoms with van der Waals surface area (Å²) in [5.41, 5.74) is 5.32. The Balaban J connectivity index is 2.37. The van der Waals surface area contributed by atoms with E-state index in [2.05, 4.69) is 20.8 Å². The van der Waals surface area contributed by atoms with Crippen LogP contribution in [0.1, 0.15) is 11.3 Å². The Hall–Kier alpha value is -2.27. The second-order valence-corrected chi connectivity index (χ2v) is 4.14. The summed E-state index contributed by atoms with van der Waals surface area (Å²) in [6.45, 7) is 0. The third-order valence-electron chi connectivity index (χ3n) is 2.45. The Morgan fingerprint density at radius 2 is 1.84 bits per heavy atom. The predicted molar refractivity (Wildman–Crippen MR) is 81.1 cm³/mol. The molecule has 0 fully saturated rings. The molecule has 1 aromatic carbocycles. The van der Waals surface area contributed by atoms with Crippen molar-refractivity contribution in [1.29, 1.82) is 0 Å². The second kappa shape index (κ2) is 6.61. The minimum absolute atomic E-state index is 0.462. The summed E-state index contributed by atoms with van der Waals surface area (Å²) in [5.74, 6) is 0. The molecule has 0 aliphatic carbocycles. The summed E-state index contributed by atoms with van der Waals surface area (Å²) in [6, 6.07) is 15.6. The highest BCUT2D eigenvalue weighted by molar-refractivity contribution is 7.80. The molecule has 0 amide bonds. The Kier molecular flexibility index (Phi) is 4.58. The molecule has 0 radical (unpaired) electrons. The monoisotopic (exact) mass is 270 g/mol. The molecular weight excluding hydrogens is 256 g/mol. The van der Waals surface area contributed by atoms with Gasteiger partial charge in [-0.1, -0.05) is 36.4 Å². The molecule has 0 atom stereocenters. The number of hydrogen-bond acceptors (Lipinski definition) is 3. The van der Waals surface area contributed by atoms with Crippen LogP contribution in [-0.4, -0.2) is 22.9 Å². The fourth-order valence-electron chi connectivity index (χ4n) is 1.53. The van der Waals surface area contributed by atoms with E-state index in [9.17, 15) is 0 Å². The summed E-state index contributed by atoms with van der Waals surface area (Å²) in [7, 11) is 1.74. The zero-order chi connectivity index (χ0) is 13.5. The maximum Gasteiger partial charge on any atom is 0.186 e. The number of hydrogen-bond donors (Lipinski definition) is 2. The van der Waals surface area contributed by atoms with E-state index in [1.54, 1.807) is 13.2 Å². The van der Waals surface area contributed by atoms with Gasteiger partial charge in [0.05, 0.1) is 5.69 Å². The molecule has 1 heterocycles. The molecule has 5 heteroatoms. The van der Waals surface area contributed by atoms with Crippen LogP contribution >= 0.6 is 12.2 Å². The van der Waals surface area contributed by atoms with Gasteiger partial charge >= 0.3 is 0 Å². The van der Waals surface area contributed by atoms with Crippen molar-refractivity contribution in [3.8, 4) is 0 Å². The minimum atomic E-state index is 0.462. The van der Waals surface area contributed by atoms with Crippen LogP contribution in [0.15, 0.2) is 59.8 Å². The van der Waals surface area contributed by atoms with Gasteiger partial charge in [-0.15, -0.1) is 0 Å². The van der Waals surface area contributed by atoms with Crippen molar-refractivity contribution in [2.75, 3.05) is 7.05 Å². The molecule has 0 aliphatic rings. The van der Waals surface area contributed by atoms with Gasteiger partial charge in [-0.05, 0) is 24.4 Å². The highest BCUT2D eigenvalue weighted by Crippen LogP contribution is 2.07. The van der Waals surface area contributed by atoms with E-state index in [4.69, 9.17) is 12.2 Å². The average molecular weight is 270 g/mol. The summed E-state index contributed by atoms with van der Waals surface area (Å²) in [5, 5.41) is 7.61. The van der Waals surface area contributed by atoms with Gasteiger partial charge in [-0.25, -0.2) is 0 Å². The van der Waals surface area contributed by atoms with Crippen molar-refractivity contribution in [2.45, 2.75) is 0 Å². The van der Waals surface area contributed by atoms with Gasteiger partial charge < -0.3 is 5.32 Å². The number of nitrogens with zero attached hydrogens (tertiary/aromatic N) is 2. The topological polar surface area (TPSA) is 49.3 Å². The van der Waals surface area contributed by atoms with E-state index in [0.717, 1.165) is 17.0 Å². The first-order valence-electron chi connectivity index (χ1n) is 5.83. The van der Waals surface area contributed by atoms with Crippen LogP contribution in [0.3, 0.4) is 0 Å². The predicted octanol–water partition coefficient (Wildman–Crippen LogP) is 1.93. The smallest absolute Gasteiger partial charge is 0.186 e. The third-order valence-corrected chi connectivity index (χ3v) is 2.75. The Bertz CT molecular complexity index is 525. The van der Waals surface area contributed by atoms with Crippen LogP contribution < -0.4 is 10.7 Å². The molecule has 2 N–H and O–H groups in total. The van der Waals surface area contributed by atoms with Crippen LogP contribution in [0, 0.1) is 0 Å². The molecule has 96 valence electrons. The van der Waals surface area contributed by atoms with E-state index in [-0.39, 0.29) is 0 Å². The van der Waals surface area contributed by atoms with Crippen molar-refractivity contribution in [3.63, 3.8) is 0 Å². The first-order chi connectivity index (χ1) is 9.31. The zero-order valence-electron chi connectivity index (χ0n) is 10.5. The van der Waals surface area contributed by atoms with Crippen molar-refractivity contribution in [3.05, 3.63) is 66.0 Å². The van der Waals surface area contributed by atoms with Gasteiger partial charge in [0.1, 0.15) is 5.71 Å². The standard InChI is InChI=1S/C14H14N4S/c1-15-14(19)18-17-13(11-7-3-2-4-8-11)12-9-5-6-10-16-12/h2-10H,1H3,(H2,15,18,19). The first kappa shape index (κ1) is 13.2. The van der Waals surface area contributed by atoms with Gasteiger partial charge in [0.2, 0.25) is 0 Å². The molecule has 0 unspecified atom stereocenters. The SMILES string of the molecule is CNC(=S)NN=C(c1ccccc1)c1ccccn1. The fraction of sp³-hybridized carbons (Fsp3) is 0.0714. The van der Waals surface area contributed by atoms with Gasteiger partial charge in [0, 0.05) is 18.8 Å². The molecule has 0 saturated carbocycles. The van der Waals surface area contributed by atoms with Crippen LogP contribution in [0.2, 0.25) is 0 Å². The molecule has 0 bridgehead atoms. The lowest BCUT2D eigenvalue weighted by atomic mass is 10.1. The lowest BCUT2D eigenvalue weighted by Crippen LogP contribution is -2.29. The quantitative estimate of drug-likeness (QED) is 0.508. The summed E-state index contributed by atoms with van der Waals surface area (Å²) < 4.78 is 0. The Morgan fingerprint density at radius 3 is 2.47 bits per heavy atom. The van der Waals surface area contributed by atoms with E-state index >= 15 is 0 Å². The maximum absolute atomic E-state index is 5.02. The molecule has 2 aromatic rings. The lowest BCUT2D eigenvalue weighted by molar-refractivity contribution is 0.973. The van der Waals surface area contributed by atoms with E-state index < -0.39 is 0 Å². The summed E-state index contributed by atoms with van der Waals surface area (Å²) in [4.78, 5) is 4.32. The number of benzene rings is 1. The molecular formula is C14H14N4S. The van der Waals surface area contributed by atoms with Crippen LogP contribution in [0.4, 0.5) is 0 Å². The number of thiocarbonyl (C=S) groups is 1. The van der Waals surface area contributed by atoms with Crippen molar-refractivity contribution >= 4 is 23.0 Å². The van der Waals surface area contributed by atoms with Gasteiger partial charge in [0.15, 0.2) is 5.11 Å². The van der Waals surface area contributed by atoms with Gasteiger partial charge in [-0.2, -0.15) is 5.10 Å². The maximum atomic E-state index is 5.02. The molecule has 19 heavy (non-hydrogen) atoms. The Labute approximate surface area is 117 Å². The lowest BCUT2D eigenvalue weighted by Gasteiger charge is -2.07. The van der Waals surface area contributed by atoms with E-state index in [1.807, 2.05) is 48.5 Å². The number of hydrazone groups is 1. The number of pyridine rings is 1. The summed E-state index contributed by atoms with van der Waals surface area (Å²) >= 11 is 5.02. The first-order valence-corrected chi connectivity index (χ1v) is 6.24. The van der Waals surface area contributed by atoms with Crippen molar-refractivity contribution in [2.24, 2.45) is 5.10 Å². The molecule has 0 saturated heterocycles. The van der Waals surface area contributed by atoms with E-state index in [1.165, 1.54) is 0 Å². The number of rotatable bonds is 3. The molecule has 4 nitrogen and oxygen atoms in total. The molecule has 1 aromatic heterocycles. The highest BCUT2D eigenvalue weighted by Gasteiger charge is 2.07. The average Bonchev–Trinajstić information content (AvgIpc) is 2.49. The third kappa shape index (κ3) is 3.59. The fourth-order valence-corrected chi connectivity index (χ4v) is 1.58. The molecule has 0 aliphatic heterocycles. The second-order valence-electron chi connectivity index (χ2n) is 3.73. The van der Waals surface area contributed by atoms with Crippen molar-refractivity contribution < 1.29 is 0 Å². The normalized spacial score (nSPS) is 10.9. The summed E-state index contributed by atoms with van der Waals surface area (Å²) in [6.07, 6.45) is 1.74. The van der Waals surface area contributed by atoms with Crippen LogP contribution in [0.5, 0.6) is 0 Å². The largest absolute Gasteiger partial charge is 0.364 e. The zero-order valence-corrected chi connectivity index (χ0v) is 11.3. The number of aromatic nitrogens is 1. The van der Waals surface area contributed by atoms with Crippen LogP contribution in [-0.2, 0) is 0 Å². The highest BCUT2D eigenvalue weighted by atomic mass is 32.1. The van der Waals surface area contributed by atoms with Crippen LogP contribution in [0.25, 0.3) is 0 Å². The number of nitrogens with one attached hydrogen (secondary N) is 2. The Morgan fingerprint density at radius 1 is 1.11 bits per heavy atom. The molecule has 2 rings (SSSR count). The van der Waals surface area contributed by atoms with Gasteiger partial charge in [-0.3, -0.25) is 10.4 Å². The van der Waals surface area contributed by atoms with E-state index in [0.29, 0.717) is 5.11 Å². The van der Waals surface area contributed by atoms with Gasteiger partial charge in [0.25, 0.3) is 0 Å². The van der Waals surface area contributed by atoms with Crippen molar-refractivity contribution in [1.82, 2.24) is 15.7 Å².